The van der Waals surface area contributed by atoms with Crippen LogP contribution in [0, 0.1) is 5.82 Å². The van der Waals surface area contributed by atoms with E-state index in [4.69, 9.17) is 0 Å². The molecule has 6 heteroatoms. The molecule has 2 aromatic rings. The van der Waals surface area contributed by atoms with Crippen molar-refractivity contribution in [3.05, 3.63) is 42.0 Å². The number of rotatable bonds is 4. The fraction of sp³-hybridized carbons (Fsp3) is 0.100. The normalized spacial score (nSPS) is 10.3. The van der Waals surface area contributed by atoms with Gasteiger partial charge in [0.1, 0.15) is 12.1 Å². The Morgan fingerprint density at radius 2 is 2.25 bits per heavy atom. The molecule has 0 unspecified atom stereocenters. The molecule has 1 aromatic carbocycles. The first-order chi connectivity index (χ1) is 7.77. The van der Waals surface area contributed by atoms with Gasteiger partial charge in [-0.05, 0) is 23.7 Å². The molecule has 0 aliphatic rings. The summed E-state index contributed by atoms with van der Waals surface area (Å²) in [5, 5.41) is 0. The second-order valence-corrected chi connectivity index (χ2v) is 4.90. The first-order valence-electron chi connectivity index (χ1n) is 4.44. The molecule has 82 valence electrons. The lowest BCUT2D eigenvalue weighted by molar-refractivity contribution is 0.101. The number of nitrogens with zero attached hydrogens (tertiary/aromatic N) is 2. The van der Waals surface area contributed by atoms with Gasteiger partial charge < -0.3 is 0 Å². The van der Waals surface area contributed by atoms with E-state index in [1.807, 2.05) is 0 Å². The number of hydrogen-bond donors (Lipinski definition) is 0. The number of ketones is 1. The molecule has 0 bridgehead atoms. The number of carbonyl (C=O) groups is 1. The number of aromatic nitrogens is 2. The third kappa shape index (κ3) is 2.65. The molecule has 16 heavy (non-hydrogen) atoms. The molecule has 0 fully saturated rings. The smallest absolute Gasteiger partial charge is 0.176 e. The molecular formula is C10H7FN2OS2. The molecule has 0 amide bonds. The minimum atomic E-state index is -0.481. The summed E-state index contributed by atoms with van der Waals surface area (Å²) in [4.78, 5) is 15.6. The van der Waals surface area contributed by atoms with Crippen LogP contribution in [0.5, 0.6) is 0 Å². The van der Waals surface area contributed by atoms with Crippen LogP contribution in [0.25, 0.3) is 0 Å². The Morgan fingerprint density at radius 3 is 2.94 bits per heavy atom. The van der Waals surface area contributed by atoms with Crippen molar-refractivity contribution in [2.24, 2.45) is 0 Å². The summed E-state index contributed by atoms with van der Waals surface area (Å²) in [5.74, 6) is -0.542. The molecular weight excluding hydrogens is 247 g/mol. The van der Waals surface area contributed by atoms with Crippen LogP contribution in [0.2, 0.25) is 0 Å². The zero-order valence-corrected chi connectivity index (χ0v) is 9.72. The Hall–Kier alpha value is -1.27. The van der Waals surface area contributed by atoms with Crippen molar-refractivity contribution < 1.29 is 9.18 Å². The Balaban J connectivity index is 2.01. The van der Waals surface area contributed by atoms with Crippen LogP contribution >= 0.6 is 23.3 Å². The molecule has 0 saturated heterocycles. The van der Waals surface area contributed by atoms with Crippen LogP contribution in [-0.2, 0) is 0 Å². The highest BCUT2D eigenvalue weighted by Crippen LogP contribution is 2.20. The molecule has 0 spiro atoms. The van der Waals surface area contributed by atoms with Gasteiger partial charge in [-0.15, -0.1) is 0 Å². The highest BCUT2D eigenvalue weighted by molar-refractivity contribution is 8.01. The monoisotopic (exact) mass is 254 g/mol. The first kappa shape index (κ1) is 11.2. The van der Waals surface area contributed by atoms with Crippen LogP contribution < -0.4 is 0 Å². The van der Waals surface area contributed by atoms with Gasteiger partial charge in [0, 0.05) is 0 Å². The number of carbonyl (C=O) groups excluding carboxylic acids is 1. The number of halogens is 1. The summed E-state index contributed by atoms with van der Waals surface area (Å²) in [5.41, 5.74) is 0.125. The average molecular weight is 254 g/mol. The Labute approximate surface area is 99.9 Å². The van der Waals surface area contributed by atoms with Crippen molar-refractivity contribution in [3.63, 3.8) is 0 Å². The van der Waals surface area contributed by atoms with Gasteiger partial charge in [-0.25, -0.2) is 9.37 Å². The summed E-state index contributed by atoms with van der Waals surface area (Å²) in [6.45, 7) is 0. The molecule has 0 aliphatic carbocycles. The number of hydrogen-bond acceptors (Lipinski definition) is 5. The van der Waals surface area contributed by atoms with Crippen molar-refractivity contribution in [2.75, 3.05) is 5.75 Å². The van der Waals surface area contributed by atoms with E-state index in [1.165, 1.54) is 41.8 Å². The zero-order valence-electron chi connectivity index (χ0n) is 8.09. The maximum Gasteiger partial charge on any atom is 0.176 e. The Bertz CT molecular complexity index is 487. The van der Waals surface area contributed by atoms with Gasteiger partial charge in [-0.1, -0.05) is 23.9 Å². The van der Waals surface area contributed by atoms with Crippen LogP contribution in [0.1, 0.15) is 10.4 Å². The predicted molar refractivity (Wildman–Crippen MR) is 61.4 cm³/mol. The van der Waals surface area contributed by atoms with Gasteiger partial charge >= 0.3 is 0 Å². The van der Waals surface area contributed by atoms with Crippen molar-refractivity contribution in [1.82, 2.24) is 9.36 Å². The molecule has 0 radical (unpaired) electrons. The summed E-state index contributed by atoms with van der Waals surface area (Å²) in [6, 6.07) is 5.97. The standard InChI is InChI=1S/C10H7FN2OS2/c11-8-4-2-1-3-7(8)9(14)5-15-10-12-6-13-16-10/h1-4,6H,5H2. The molecule has 0 saturated carbocycles. The molecule has 3 nitrogen and oxygen atoms in total. The second-order valence-electron chi connectivity index (χ2n) is 2.90. The third-order valence-corrected chi connectivity index (χ3v) is 3.64. The highest BCUT2D eigenvalue weighted by Gasteiger charge is 2.11. The molecule has 1 heterocycles. The predicted octanol–water partition coefficient (Wildman–Crippen LogP) is 2.65. The van der Waals surface area contributed by atoms with E-state index in [1.54, 1.807) is 12.1 Å². The van der Waals surface area contributed by atoms with Crippen molar-refractivity contribution in [3.8, 4) is 0 Å². The van der Waals surface area contributed by atoms with Crippen LogP contribution in [0.4, 0.5) is 4.39 Å². The maximum atomic E-state index is 13.3. The third-order valence-electron chi connectivity index (χ3n) is 1.84. The highest BCUT2D eigenvalue weighted by atomic mass is 32.2. The molecule has 0 aliphatic heterocycles. The molecule has 2 rings (SSSR count). The quantitative estimate of drug-likeness (QED) is 0.621. The summed E-state index contributed by atoms with van der Waals surface area (Å²) >= 11 is 2.49. The van der Waals surface area contributed by atoms with E-state index in [0.29, 0.717) is 4.34 Å². The van der Waals surface area contributed by atoms with E-state index in [2.05, 4.69) is 9.36 Å². The fourth-order valence-corrected chi connectivity index (χ4v) is 2.45. The number of benzene rings is 1. The van der Waals surface area contributed by atoms with Crippen LogP contribution in [-0.4, -0.2) is 20.9 Å². The van der Waals surface area contributed by atoms with Gasteiger partial charge in [-0.2, -0.15) is 4.37 Å². The number of thioether (sulfide) groups is 1. The lowest BCUT2D eigenvalue weighted by Crippen LogP contribution is -2.04. The SMILES string of the molecule is O=C(CSc1ncns1)c1ccccc1F. The topological polar surface area (TPSA) is 42.9 Å². The lowest BCUT2D eigenvalue weighted by atomic mass is 10.1. The minimum Gasteiger partial charge on any atom is -0.293 e. The van der Waals surface area contributed by atoms with Crippen LogP contribution in [0.3, 0.4) is 0 Å². The average Bonchev–Trinajstić information content (AvgIpc) is 2.79. The largest absolute Gasteiger partial charge is 0.293 e. The van der Waals surface area contributed by atoms with Gasteiger partial charge in [0.15, 0.2) is 10.1 Å². The second kappa shape index (κ2) is 5.18. The summed E-state index contributed by atoms with van der Waals surface area (Å²) in [6.07, 6.45) is 1.43. The minimum absolute atomic E-state index is 0.125. The number of Topliss-reactive ketones (excluding diaryl/α,β-unsaturated/α-hetero) is 1. The maximum absolute atomic E-state index is 13.3. The van der Waals surface area contributed by atoms with Gasteiger partial charge in [0.25, 0.3) is 0 Å². The zero-order chi connectivity index (χ0) is 11.4. The van der Waals surface area contributed by atoms with Crippen LogP contribution in [0.15, 0.2) is 34.9 Å². The fourth-order valence-electron chi connectivity index (χ4n) is 1.12. The molecule has 1 aromatic heterocycles. The molecule has 0 N–H and O–H groups in total. The lowest BCUT2D eigenvalue weighted by Gasteiger charge is -2.00. The van der Waals surface area contributed by atoms with Gasteiger partial charge in [0.2, 0.25) is 0 Å². The van der Waals surface area contributed by atoms with Gasteiger partial charge in [0.05, 0.1) is 11.3 Å². The van der Waals surface area contributed by atoms with Crippen molar-refractivity contribution in [2.45, 2.75) is 4.34 Å². The summed E-state index contributed by atoms with van der Waals surface area (Å²) < 4.78 is 17.8. The van der Waals surface area contributed by atoms with E-state index < -0.39 is 5.82 Å². The summed E-state index contributed by atoms with van der Waals surface area (Å²) in [7, 11) is 0. The Kier molecular flexibility index (Phi) is 3.63. The van der Waals surface area contributed by atoms with E-state index >= 15 is 0 Å². The van der Waals surface area contributed by atoms with E-state index in [0.717, 1.165) is 0 Å². The van der Waals surface area contributed by atoms with Crippen molar-refractivity contribution >= 4 is 29.1 Å². The van der Waals surface area contributed by atoms with Crippen molar-refractivity contribution in [1.29, 1.82) is 0 Å². The first-order valence-corrected chi connectivity index (χ1v) is 6.20. The Morgan fingerprint density at radius 1 is 1.44 bits per heavy atom. The molecule has 0 atom stereocenters. The van der Waals surface area contributed by atoms with E-state index in [9.17, 15) is 9.18 Å². The van der Waals surface area contributed by atoms with E-state index in [-0.39, 0.29) is 17.1 Å². The van der Waals surface area contributed by atoms with Gasteiger partial charge in [-0.3, -0.25) is 4.79 Å².